The molecule has 3 aromatic carbocycles. The lowest BCUT2D eigenvalue weighted by Gasteiger charge is -2.36. The van der Waals surface area contributed by atoms with Gasteiger partial charge in [-0.25, -0.2) is 19.2 Å². The molecule has 5 aromatic rings. The highest BCUT2D eigenvalue weighted by Crippen LogP contribution is 2.44. The standard InChI is InChI=1S/C34H35ClFN7O2/c1-21-15-23(17-25(36)16-21)27-19-39-32(38-12-11-37)30(33-41-28-8-7-24(35)18-29(28)42-33)31(27)43-13-9-26(10-14-43)40-34(44)45-20-22-5-3-2-4-6-22/h2-8,15-19,26H,9-14,20,37H2,1H3,(H,38,39)(H,40,44)(H,41,42). The number of amides is 1. The number of alkyl carbamates (subject to hydrolysis) is 1. The Balaban J connectivity index is 1.35. The van der Waals surface area contributed by atoms with Gasteiger partial charge in [-0.05, 0) is 66.8 Å². The van der Waals surface area contributed by atoms with E-state index in [-0.39, 0.29) is 18.5 Å². The first-order valence-corrected chi connectivity index (χ1v) is 15.4. The van der Waals surface area contributed by atoms with E-state index in [4.69, 9.17) is 32.0 Å². The predicted molar refractivity (Wildman–Crippen MR) is 177 cm³/mol. The number of H-pyrrole nitrogens is 1. The molecule has 0 saturated carbocycles. The van der Waals surface area contributed by atoms with Crippen molar-refractivity contribution in [1.29, 1.82) is 0 Å². The summed E-state index contributed by atoms with van der Waals surface area (Å²) >= 11 is 6.29. The lowest BCUT2D eigenvalue weighted by atomic mass is 9.96. The minimum atomic E-state index is -0.438. The van der Waals surface area contributed by atoms with E-state index in [2.05, 4.69) is 20.5 Å². The van der Waals surface area contributed by atoms with E-state index in [9.17, 15) is 9.18 Å². The van der Waals surface area contributed by atoms with Crippen molar-refractivity contribution in [3.8, 4) is 22.5 Å². The normalized spacial score (nSPS) is 13.6. The molecule has 232 valence electrons. The Bertz CT molecular complexity index is 1790. The van der Waals surface area contributed by atoms with Gasteiger partial charge in [-0.1, -0.05) is 48.0 Å². The van der Waals surface area contributed by atoms with E-state index in [1.165, 1.54) is 12.1 Å². The molecule has 0 bridgehead atoms. The first-order valence-electron chi connectivity index (χ1n) is 15.0. The topological polar surface area (TPSA) is 121 Å². The number of aromatic nitrogens is 3. The van der Waals surface area contributed by atoms with Crippen LogP contribution in [0, 0.1) is 12.7 Å². The smallest absolute Gasteiger partial charge is 0.407 e. The van der Waals surface area contributed by atoms with Crippen LogP contribution in [0.25, 0.3) is 33.5 Å². The molecule has 11 heteroatoms. The molecular formula is C34H35ClFN7O2. The number of nitrogens with one attached hydrogen (secondary N) is 3. The average molecular weight is 628 g/mol. The molecule has 45 heavy (non-hydrogen) atoms. The molecule has 1 aliphatic heterocycles. The van der Waals surface area contributed by atoms with Crippen LogP contribution >= 0.6 is 11.6 Å². The fraction of sp³-hybridized carbons (Fsp3) is 0.265. The summed E-state index contributed by atoms with van der Waals surface area (Å²) in [5.41, 5.74) is 12.3. The number of aryl methyl sites for hydroxylation is 1. The van der Waals surface area contributed by atoms with Gasteiger partial charge in [0.2, 0.25) is 0 Å². The number of rotatable bonds is 9. The Morgan fingerprint density at radius 1 is 1.13 bits per heavy atom. The van der Waals surface area contributed by atoms with Crippen molar-refractivity contribution in [3.63, 3.8) is 0 Å². The van der Waals surface area contributed by atoms with Crippen LogP contribution in [-0.2, 0) is 11.3 Å². The SMILES string of the molecule is Cc1cc(F)cc(-c2cnc(NCCN)c(-c3nc4cc(Cl)ccc4[nH]3)c2N2CCC(NC(=O)OCc3ccccc3)CC2)c1. The second kappa shape index (κ2) is 13.5. The molecule has 3 heterocycles. The van der Waals surface area contributed by atoms with Gasteiger partial charge in [0.1, 0.15) is 24.1 Å². The molecule has 2 aromatic heterocycles. The Morgan fingerprint density at radius 2 is 1.93 bits per heavy atom. The summed E-state index contributed by atoms with van der Waals surface area (Å²) in [4.78, 5) is 28.0. The van der Waals surface area contributed by atoms with Crippen LogP contribution in [0.3, 0.4) is 0 Å². The van der Waals surface area contributed by atoms with Crippen molar-refractivity contribution in [2.45, 2.75) is 32.4 Å². The highest BCUT2D eigenvalue weighted by Gasteiger charge is 2.29. The number of pyridine rings is 1. The lowest BCUT2D eigenvalue weighted by molar-refractivity contribution is 0.134. The molecule has 5 N–H and O–H groups in total. The maximum atomic E-state index is 14.7. The van der Waals surface area contributed by atoms with Crippen LogP contribution in [0.1, 0.15) is 24.0 Å². The molecule has 1 fully saturated rings. The molecule has 1 saturated heterocycles. The van der Waals surface area contributed by atoms with E-state index in [1.54, 1.807) is 6.20 Å². The van der Waals surface area contributed by atoms with E-state index in [0.29, 0.717) is 61.2 Å². The third-order valence-corrected chi connectivity index (χ3v) is 8.10. The summed E-state index contributed by atoms with van der Waals surface area (Å²) in [6.07, 6.45) is 2.71. The third kappa shape index (κ3) is 7.02. The maximum Gasteiger partial charge on any atom is 0.407 e. The molecule has 6 rings (SSSR count). The number of ether oxygens (including phenoxy) is 1. The summed E-state index contributed by atoms with van der Waals surface area (Å²) < 4.78 is 20.2. The summed E-state index contributed by atoms with van der Waals surface area (Å²) in [5, 5.41) is 6.97. The Labute approximate surface area is 266 Å². The molecular weight excluding hydrogens is 593 g/mol. The maximum absolute atomic E-state index is 14.7. The molecule has 0 radical (unpaired) electrons. The van der Waals surface area contributed by atoms with Gasteiger partial charge in [-0.15, -0.1) is 0 Å². The van der Waals surface area contributed by atoms with Crippen molar-refractivity contribution in [3.05, 3.63) is 94.9 Å². The highest BCUT2D eigenvalue weighted by atomic mass is 35.5. The zero-order valence-corrected chi connectivity index (χ0v) is 25.7. The molecule has 0 spiro atoms. The van der Waals surface area contributed by atoms with E-state index in [0.717, 1.165) is 39.0 Å². The first kappa shape index (κ1) is 30.4. The zero-order valence-electron chi connectivity index (χ0n) is 24.9. The minimum absolute atomic E-state index is 0.0575. The largest absolute Gasteiger partial charge is 0.445 e. The van der Waals surface area contributed by atoms with Gasteiger partial charge in [0.05, 0.1) is 22.3 Å². The van der Waals surface area contributed by atoms with Gasteiger partial charge in [0.25, 0.3) is 0 Å². The number of nitrogens with zero attached hydrogens (tertiary/aromatic N) is 3. The number of fused-ring (bicyclic) bond motifs is 1. The lowest BCUT2D eigenvalue weighted by Crippen LogP contribution is -2.45. The third-order valence-electron chi connectivity index (χ3n) is 7.87. The van der Waals surface area contributed by atoms with Crippen LogP contribution in [0.15, 0.2) is 72.9 Å². The average Bonchev–Trinajstić information content (AvgIpc) is 3.45. The number of imidazole rings is 1. The Morgan fingerprint density at radius 3 is 2.69 bits per heavy atom. The first-order chi connectivity index (χ1) is 21.9. The van der Waals surface area contributed by atoms with Crippen LogP contribution in [0.4, 0.5) is 20.7 Å². The number of hydrogen-bond donors (Lipinski definition) is 4. The fourth-order valence-corrected chi connectivity index (χ4v) is 5.92. The van der Waals surface area contributed by atoms with Crippen LogP contribution in [0.2, 0.25) is 5.02 Å². The molecule has 0 aliphatic carbocycles. The number of anilines is 2. The number of aromatic amines is 1. The van der Waals surface area contributed by atoms with Crippen LogP contribution in [0.5, 0.6) is 0 Å². The Kier molecular flexibility index (Phi) is 9.13. The number of nitrogens with two attached hydrogens (primary N) is 1. The monoisotopic (exact) mass is 627 g/mol. The predicted octanol–water partition coefficient (Wildman–Crippen LogP) is 6.66. The zero-order chi connectivity index (χ0) is 31.3. The molecule has 1 amide bonds. The van der Waals surface area contributed by atoms with Gasteiger partial charge in [0.15, 0.2) is 0 Å². The van der Waals surface area contributed by atoms with Crippen molar-refractivity contribution >= 4 is 40.2 Å². The van der Waals surface area contributed by atoms with E-state index in [1.807, 2.05) is 61.5 Å². The van der Waals surface area contributed by atoms with E-state index >= 15 is 0 Å². The molecule has 9 nitrogen and oxygen atoms in total. The summed E-state index contributed by atoms with van der Waals surface area (Å²) in [6.45, 7) is 4.25. The Hall–Kier alpha value is -4.67. The molecule has 1 aliphatic rings. The summed E-state index contributed by atoms with van der Waals surface area (Å²) in [7, 11) is 0. The van der Waals surface area contributed by atoms with Crippen molar-refractivity contribution in [2.75, 3.05) is 36.4 Å². The number of hydrogen-bond acceptors (Lipinski definition) is 7. The fourth-order valence-electron chi connectivity index (χ4n) is 5.76. The molecule has 0 unspecified atom stereocenters. The number of benzene rings is 3. The van der Waals surface area contributed by atoms with Crippen molar-refractivity contribution < 1.29 is 13.9 Å². The van der Waals surface area contributed by atoms with Crippen LogP contribution < -0.4 is 21.3 Å². The highest BCUT2D eigenvalue weighted by molar-refractivity contribution is 6.31. The van der Waals surface area contributed by atoms with Gasteiger partial charge in [-0.2, -0.15) is 0 Å². The number of carbonyl (C=O) groups excluding carboxylic acids is 1. The number of piperidine rings is 1. The van der Waals surface area contributed by atoms with Crippen molar-refractivity contribution in [2.24, 2.45) is 5.73 Å². The molecule has 0 atom stereocenters. The number of halogens is 2. The quantitative estimate of drug-likeness (QED) is 0.144. The van der Waals surface area contributed by atoms with Gasteiger partial charge < -0.3 is 31.0 Å². The second-order valence-electron chi connectivity index (χ2n) is 11.2. The van der Waals surface area contributed by atoms with E-state index < -0.39 is 6.09 Å². The van der Waals surface area contributed by atoms with Gasteiger partial charge in [0, 0.05) is 49.0 Å². The second-order valence-corrected chi connectivity index (χ2v) is 11.6. The number of carbonyl (C=O) groups is 1. The van der Waals surface area contributed by atoms with Crippen LogP contribution in [-0.4, -0.2) is 53.3 Å². The van der Waals surface area contributed by atoms with Gasteiger partial charge >= 0.3 is 6.09 Å². The summed E-state index contributed by atoms with van der Waals surface area (Å²) in [6, 6.07) is 20.0. The van der Waals surface area contributed by atoms with Crippen molar-refractivity contribution in [1.82, 2.24) is 20.3 Å². The van der Waals surface area contributed by atoms with Gasteiger partial charge in [-0.3, -0.25) is 0 Å². The summed E-state index contributed by atoms with van der Waals surface area (Å²) in [5.74, 6) is 0.898. The minimum Gasteiger partial charge on any atom is -0.445 e.